The molecule has 5 heteroatoms. The molecule has 0 aliphatic heterocycles. The van der Waals surface area contributed by atoms with Crippen LogP contribution < -0.4 is 0 Å². The maximum Gasteiger partial charge on any atom is 0.383 e. The van der Waals surface area contributed by atoms with Crippen molar-refractivity contribution in [1.29, 1.82) is 5.26 Å². The number of carbonyl (C=O) groups excluding carboxylic acids is 1. The monoisotopic (exact) mass is 297 g/mol. The Kier molecular flexibility index (Phi) is 11.6. The number of nitrogens with zero attached hydrogens (tertiary/aromatic N) is 1. The molecule has 0 fully saturated rings. The van der Waals surface area contributed by atoms with Gasteiger partial charge in [-0.15, -0.1) is 0 Å². The lowest BCUT2D eigenvalue weighted by molar-refractivity contribution is -0.345. The van der Waals surface area contributed by atoms with Gasteiger partial charge in [0.15, 0.2) is 6.29 Å². The summed E-state index contributed by atoms with van der Waals surface area (Å²) in [6.07, 6.45) is 5.95. The molecule has 0 aliphatic carbocycles. The molecule has 0 amide bonds. The Balaban J connectivity index is 4.04. The first-order valence-electron chi connectivity index (χ1n) is 7.68. The van der Waals surface area contributed by atoms with Gasteiger partial charge in [0.2, 0.25) is 0 Å². The van der Waals surface area contributed by atoms with Gasteiger partial charge in [-0.3, -0.25) is 4.89 Å². The van der Waals surface area contributed by atoms with Crippen LogP contribution in [0.5, 0.6) is 0 Å². The quantitative estimate of drug-likeness (QED) is 0.190. The van der Waals surface area contributed by atoms with Crippen LogP contribution in [0.3, 0.4) is 0 Å². The molecule has 0 aliphatic rings. The molecular formula is C16H27NO4. The first-order chi connectivity index (χ1) is 10.1. The van der Waals surface area contributed by atoms with Gasteiger partial charge in [-0.1, -0.05) is 46.1 Å². The SMILES string of the molecule is CCC=C(C#N)C(=O)OOC(C)OCC(CC)CCCC. The van der Waals surface area contributed by atoms with Crippen molar-refractivity contribution in [1.82, 2.24) is 0 Å². The molecule has 0 aromatic carbocycles. The highest BCUT2D eigenvalue weighted by molar-refractivity contribution is 5.92. The molecule has 0 saturated carbocycles. The second kappa shape index (κ2) is 12.4. The molecule has 21 heavy (non-hydrogen) atoms. The second-order valence-electron chi connectivity index (χ2n) is 4.92. The van der Waals surface area contributed by atoms with E-state index in [4.69, 9.17) is 14.9 Å². The average molecular weight is 297 g/mol. The molecule has 0 spiro atoms. The molecule has 0 aromatic rings. The Morgan fingerprint density at radius 2 is 2.05 bits per heavy atom. The van der Waals surface area contributed by atoms with E-state index in [0.717, 1.165) is 12.8 Å². The zero-order chi connectivity index (χ0) is 16.1. The van der Waals surface area contributed by atoms with Crippen molar-refractivity contribution in [3.05, 3.63) is 11.6 Å². The fourth-order valence-electron chi connectivity index (χ4n) is 1.73. The zero-order valence-electron chi connectivity index (χ0n) is 13.6. The van der Waals surface area contributed by atoms with Gasteiger partial charge < -0.3 is 4.74 Å². The Hall–Kier alpha value is -1.38. The molecule has 2 unspecified atom stereocenters. The van der Waals surface area contributed by atoms with Crippen LogP contribution >= 0.6 is 0 Å². The van der Waals surface area contributed by atoms with E-state index in [1.807, 2.05) is 6.92 Å². The van der Waals surface area contributed by atoms with E-state index >= 15 is 0 Å². The summed E-state index contributed by atoms with van der Waals surface area (Å²) >= 11 is 0. The summed E-state index contributed by atoms with van der Waals surface area (Å²) < 4.78 is 5.51. The third-order valence-electron chi connectivity index (χ3n) is 3.12. The minimum Gasteiger partial charge on any atom is -0.349 e. The predicted octanol–water partition coefficient (Wildman–Crippen LogP) is 3.90. The molecule has 0 radical (unpaired) electrons. The van der Waals surface area contributed by atoms with Crippen molar-refractivity contribution in [2.75, 3.05) is 6.61 Å². The third kappa shape index (κ3) is 9.22. The van der Waals surface area contributed by atoms with Crippen LogP contribution in [0.4, 0.5) is 0 Å². The maximum absolute atomic E-state index is 11.5. The molecule has 0 N–H and O–H groups in total. The number of allylic oxidation sites excluding steroid dienone is 1. The topological polar surface area (TPSA) is 68.6 Å². The van der Waals surface area contributed by atoms with Crippen LogP contribution in [0.25, 0.3) is 0 Å². The van der Waals surface area contributed by atoms with E-state index in [9.17, 15) is 4.79 Å². The molecule has 0 saturated heterocycles. The lowest BCUT2D eigenvalue weighted by Gasteiger charge is -2.18. The fraction of sp³-hybridized carbons (Fsp3) is 0.750. The van der Waals surface area contributed by atoms with Crippen LogP contribution in [0, 0.1) is 17.2 Å². The fourth-order valence-corrected chi connectivity index (χ4v) is 1.73. The van der Waals surface area contributed by atoms with Gasteiger partial charge in [0, 0.05) is 0 Å². The number of unbranched alkanes of at least 4 members (excludes halogenated alkanes) is 1. The molecule has 2 atom stereocenters. The predicted molar refractivity (Wildman–Crippen MR) is 79.9 cm³/mol. The van der Waals surface area contributed by atoms with Crippen LogP contribution in [-0.4, -0.2) is 18.9 Å². The maximum atomic E-state index is 11.5. The average Bonchev–Trinajstić information content (AvgIpc) is 2.50. The summed E-state index contributed by atoms with van der Waals surface area (Å²) in [4.78, 5) is 21.0. The van der Waals surface area contributed by atoms with Gasteiger partial charge in [-0.2, -0.15) is 10.1 Å². The highest BCUT2D eigenvalue weighted by atomic mass is 17.2. The summed E-state index contributed by atoms with van der Waals surface area (Å²) in [6, 6.07) is 1.77. The van der Waals surface area contributed by atoms with Crippen molar-refractivity contribution >= 4 is 5.97 Å². The number of hydrogen-bond donors (Lipinski definition) is 0. The van der Waals surface area contributed by atoms with Crippen LogP contribution in [-0.2, 0) is 19.3 Å². The summed E-state index contributed by atoms with van der Waals surface area (Å²) in [5.41, 5.74) is -0.0564. The molecule has 120 valence electrons. The minimum absolute atomic E-state index is 0.0564. The van der Waals surface area contributed by atoms with Gasteiger partial charge in [0.1, 0.15) is 11.6 Å². The molecule has 0 aromatic heterocycles. The number of ether oxygens (including phenoxy) is 1. The lowest BCUT2D eigenvalue weighted by Crippen LogP contribution is -2.20. The summed E-state index contributed by atoms with van der Waals surface area (Å²) in [5, 5.41) is 8.78. The standard InChI is InChI=1S/C16H27NO4/c1-5-8-10-14(7-3)12-19-13(4)20-21-16(18)15(11-17)9-6-2/h9,13-14H,5-8,10,12H2,1-4H3. The number of carbonyl (C=O) groups is 1. The molecular weight excluding hydrogens is 270 g/mol. The van der Waals surface area contributed by atoms with Gasteiger partial charge in [0.25, 0.3) is 0 Å². The van der Waals surface area contributed by atoms with E-state index < -0.39 is 12.3 Å². The Labute approximate surface area is 127 Å². The summed E-state index contributed by atoms with van der Waals surface area (Å²) in [5.74, 6) is -0.297. The molecule has 5 nitrogen and oxygen atoms in total. The summed E-state index contributed by atoms with van der Waals surface area (Å²) in [6.45, 7) is 8.36. The zero-order valence-corrected chi connectivity index (χ0v) is 13.6. The molecule has 0 rings (SSSR count). The molecule has 0 bridgehead atoms. The number of nitriles is 1. The highest BCUT2D eigenvalue weighted by Crippen LogP contribution is 2.14. The smallest absolute Gasteiger partial charge is 0.349 e. The van der Waals surface area contributed by atoms with E-state index in [0.29, 0.717) is 18.9 Å². The van der Waals surface area contributed by atoms with Crippen molar-refractivity contribution in [2.45, 2.75) is 66.1 Å². The van der Waals surface area contributed by atoms with Crippen molar-refractivity contribution in [3.8, 4) is 6.07 Å². The third-order valence-corrected chi connectivity index (χ3v) is 3.12. The Morgan fingerprint density at radius 3 is 2.57 bits per heavy atom. The van der Waals surface area contributed by atoms with Gasteiger partial charge in [0.05, 0.1) is 6.61 Å². The van der Waals surface area contributed by atoms with Gasteiger partial charge in [-0.25, -0.2) is 4.79 Å². The van der Waals surface area contributed by atoms with E-state index in [2.05, 4.69) is 18.7 Å². The first-order valence-corrected chi connectivity index (χ1v) is 7.68. The van der Waals surface area contributed by atoms with Crippen molar-refractivity contribution in [2.24, 2.45) is 5.92 Å². The Bertz CT molecular complexity index is 360. The summed E-state index contributed by atoms with van der Waals surface area (Å²) in [7, 11) is 0. The number of rotatable bonds is 11. The van der Waals surface area contributed by atoms with Gasteiger partial charge >= 0.3 is 5.97 Å². The normalized spacial score (nSPS) is 14.3. The van der Waals surface area contributed by atoms with Crippen molar-refractivity contribution in [3.63, 3.8) is 0 Å². The number of hydrogen-bond acceptors (Lipinski definition) is 5. The second-order valence-corrected chi connectivity index (χ2v) is 4.92. The lowest BCUT2D eigenvalue weighted by atomic mass is 10.0. The van der Waals surface area contributed by atoms with Crippen LogP contribution in [0.15, 0.2) is 11.6 Å². The minimum atomic E-state index is -0.784. The van der Waals surface area contributed by atoms with Crippen LogP contribution in [0.2, 0.25) is 0 Å². The van der Waals surface area contributed by atoms with E-state index in [1.165, 1.54) is 18.9 Å². The molecule has 0 heterocycles. The van der Waals surface area contributed by atoms with E-state index in [-0.39, 0.29) is 5.57 Å². The van der Waals surface area contributed by atoms with Crippen LogP contribution in [0.1, 0.15) is 59.8 Å². The Morgan fingerprint density at radius 1 is 1.33 bits per heavy atom. The van der Waals surface area contributed by atoms with E-state index in [1.54, 1.807) is 13.0 Å². The van der Waals surface area contributed by atoms with Gasteiger partial charge in [-0.05, 0) is 25.7 Å². The largest absolute Gasteiger partial charge is 0.383 e. The van der Waals surface area contributed by atoms with Crippen molar-refractivity contribution < 1.29 is 19.3 Å². The first kappa shape index (κ1) is 19.6. The highest BCUT2D eigenvalue weighted by Gasteiger charge is 2.15.